The van der Waals surface area contributed by atoms with Gasteiger partial charge in [-0.2, -0.15) is 13.2 Å². The number of thiazole rings is 1. The summed E-state index contributed by atoms with van der Waals surface area (Å²) in [5.74, 6) is 0.242. The molecular weight excluding hydrogens is 443 g/mol. The third kappa shape index (κ3) is 3.60. The maximum Gasteiger partial charge on any atom is 0.408 e. The molecule has 1 aliphatic carbocycles. The van der Waals surface area contributed by atoms with Crippen LogP contribution in [0.5, 0.6) is 0 Å². The average Bonchev–Trinajstić information content (AvgIpc) is 3.37. The molecule has 8 heteroatoms. The highest BCUT2D eigenvalue weighted by Gasteiger charge is 2.37. The molecule has 0 N–H and O–H groups in total. The predicted molar refractivity (Wildman–Crippen MR) is 117 cm³/mol. The van der Waals surface area contributed by atoms with Crippen molar-refractivity contribution >= 4 is 39.5 Å². The maximum atomic E-state index is 13.8. The lowest BCUT2D eigenvalue weighted by Crippen LogP contribution is -2.07. The van der Waals surface area contributed by atoms with Crippen molar-refractivity contribution in [2.24, 2.45) is 0 Å². The third-order valence-corrected chi connectivity index (χ3v) is 6.72. The van der Waals surface area contributed by atoms with Crippen molar-refractivity contribution in [3.63, 3.8) is 0 Å². The van der Waals surface area contributed by atoms with Gasteiger partial charge >= 0.3 is 6.18 Å². The highest BCUT2D eigenvalue weighted by Crippen LogP contribution is 2.47. The summed E-state index contributed by atoms with van der Waals surface area (Å²) in [6.07, 6.45) is -2.69. The van der Waals surface area contributed by atoms with E-state index in [4.69, 9.17) is 23.2 Å². The van der Waals surface area contributed by atoms with Crippen LogP contribution in [0.2, 0.25) is 5.02 Å². The Hall–Kier alpha value is -2.82. The van der Waals surface area contributed by atoms with Crippen LogP contribution in [0.3, 0.4) is 0 Å². The lowest BCUT2D eigenvalue weighted by Gasteiger charge is -2.12. The van der Waals surface area contributed by atoms with E-state index in [9.17, 15) is 13.2 Å². The molecule has 0 aliphatic heterocycles. The Morgan fingerprint density at radius 1 is 1.19 bits per heavy atom. The largest absolute Gasteiger partial charge is 0.408 e. The Bertz CT molecular complexity index is 1340. The van der Waals surface area contributed by atoms with Gasteiger partial charge in [-0.05, 0) is 37.0 Å². The maximum absolute atomic E-state index is 13.8. The molecule has 5 rings (SSSR count). The fourth-order valence-electron chi connectivity index (χ4n) is 3.93. The van der Waals surface area contributed by atoms with E-state index in [1.54, 1.807) is 18.2 Å². The van der Waals surface area contributed by atoms with E-state index in [0.717, 1.165) is 34.8 Å². The van der Waals surface area contributed by atoms with E-state index in [1.807, 2.05) is 28.1 Å². The predicted octanol–water partition coefficient (Wildman–Crippen LogP) is 7.91. The number of alkyl halides is 3. The molecule has 2 heterocycles. The van der Waals surface area contributed by atoms with Gasteiger partial charge in [-0.25, -0.2) is 9.83 Å². The quantitative estimate of drug-likeness (QED) is 0.285. The van der Waals surface area contributed by atoms with Crippen LogP contribution in [0.4, 0.5) is 18.9 Å². The zero-order valence-electron chi connectivity index (χ0n) is 16.1. The zero-order chi connectivity index (χ0) is 21.8. The fraction of sp³-hybridized carbons (Fsp3) is 0.217. The minimum atomic E-state index is -4.59. The van der Waals surface area contributed by atoms with Gasteiger partial charge in [-0.3, -0.25) is 0 Å². The van der Waals surface area contributed by atoms with Crippen LogP contribution in [-0.4, -0.2) is 9.55 Å². The standard InChI is InChI=1S/C23H15ClF3N3S/c1-28-18-8-9-19-16(21(18)23(25,26)27)10-20(13-6-7-13)30(19)11-14-12-31-22(29-14)15-4-2-3-5-17(15)24/h2-5,8-10,12-13H,6-7,11H2. The smallest absolute Gasteiger partial charge is 0.338 e. The number of nitrogens with zero attached hydrogens (tertiary/aromatic N) is 3. The summed E-state index contributed by atoms with van der Waals surface area (Å²) in [7, 11) is 0. The lowest BCUT2D eigenvalue weighted by atomic mass is 10.1. The fourth-order valence-corrected chi connectivity index (χ4v) is 5.06. The first kappa shape index (κ1) is 20.1. The summed E-state index contributed by atoms with van der Waals surface area (Å²) in [5.41, 5.74) is 1.73. The normalized spacial score (nSPS) is 14.2. The SMILES string of the molecule is [C-]#[N+]c1ccc2c(cc(C3CC3)n2Cc2csc(-c3ccccc3Cl)n2)c1C(F)(F)F. The van der Waals surface area contributed by atoms with Gasteiger partial charge in [0.25, 0.3) is 0 Å². The second-order valence-corrected chi connectivity index (χ2v) is 8.82. The van der Waals surface area contributed by atoms with E-state index in [2.05, 4.69) is 4.85 Å². The molecule has 4 aromatic rings. The van der Waals surface area contributed by atoms with Crippen LogP contribution < -0.4 is 0 Å². The monoisotopic (exact) mass is 457 g/mol. The van der Waals surface area contributed by atoms with Crippen molar-refractivity contribution in [1.29, 1.82) is 0 Å². The number of hydrogen-bond donors (Lipinski definition) is 0. The average molecular weight is 458 g/mol. The molecule has 3 nitrogen and oxygen atoms in total. The van der Waals surface area contributed by atoms with Gasteiger partial charge in [-0.15, -0.1) is 11.3 Å². The first-order chi connectivity index (χ1) is 14.9. The Morgan fingerprint density at radius 3 is 2.65 bits per heavy atom. The molecule has 0 amide bonds. The van der Waals surface area contributed by atoms with Gasteiger partial charge in [0, 0.05) is 27.5 Å². The van der Waals surface area contributed by atoms with Gasteiger partial charge in [-0.1, -0.05) is 35.9 Å². The molecule has 0 unspecified atom stereocenters. The minimum Gasteiger partial charge on any atom is -0.338 e. The second-order valence-electron chi connectivity index (χ2n) is 7.56. The van der Waals surface area contributed by atoms with E-state index in [-0.39, 0.29) is 17.0 Å². The van der Waals surface area contributed by atoms with Crippen LogP contribution in [0, 0.1) is 6.57 Å². The summed E-state index contributed by atoms with van der Waals surface area (Å²) < 4.78 is 43.3. The number of fused-ring (bicyclic) bond motifs is 1. The molecule has 1 saturated carbocycles. The Labute approximate surface area is 185 Å². The number of halogens is 4. The summed E-state index contributed by atoms with van der Waals surface area (Å²) in [6, 6.07) is 11.9. The number of hydrogen-bond acceptors (Lipinski definition) is 2. The topological polar surface area (TPSA) is 22.2 Å². The molecule has 156 valence electrons. The Kier molecular flexibility index (Phi) is 4.80. The number of rotatable bonds is 4. The van der Waals surface area contributed by atoms with Crippen molar-refractivity contribution in [2.45, 2.75) is 31.5 Å². The highest BCUT2D eigenvalue weighted by atomic mass is 35.5. The van der Waals surface area contributed by atoms with Crippen molar-refractivity contribution in [1.82, 2.24) is 9.55 Å². The van der Waals surface area contributed by atoms with E-state index >= 15 is 0 Å². The third-order valence-electron chi connectivity index (χ3n) is 5.47. The molecule has 1 fully saturated rings. The molecule has 31 heavy (non-hydrogen) atoms. The van der Waals surface area contributed by atoms with Gasteiger partial charge in [0.2, 0.25) is 0 Å². The number of benzene rings is 2. The molecule has 0 spiro atoms. The lowest BCUT2D eigenvalue weighted by molar-refractivity contribution is -0.135. The van der Waals surface area contributed by atoms with Crippen LogP contribution in [0.15, 0.2) is 47.8 Å². The van der Waals surface area contributed by atoms with E-state index < -0.39 is 11.7 Å². The van der Waals surface area contributed by atoms with E-state index in [1.165, 1.54) is 17.4 Å². The van der Waals surface area contributed by atoms with Crippen molar-refractivity contribution in [3.8, 4) is 10.6 Å². The van der Waals surface area contributed by atoms with Crippen LogP contribution in [0.25, 0.3) is 26.3 Å². The van der Waals surface area contributed by atoms with Gasteiger partial charge in [0.15, 0.2) is 5.69 Å². The molecular formula is C23H15ClF3N3S. The molecule has 1 aliphatic rings. The van der Waals surface area contributed by atoms with Gasteiger partial charge in [0.1, 0.15) is 5.01 Å². The van der Waals surface area contributed by atoms with Gasteiger partial charge in [0.05, 0.1) is 29.4 Å². The first-order valence-corrected chi connectivity index (χ1v) is 10.9. The van der Waals surface area contributed by atoms with Crippen molar-refractivity contribution < 1.29 is 13.2 Å². The molecule has 0 saturated heterocycles. The molecule has 0 bridgehead atoms. The Morgan fingerprint density at radius 2 is 1.97 bits per heavy atom. The zero-order valence-corrected chi connectivity index (χ0v) is 17.7. The van der Waals surface area contributed by atoms with Crippen LogP contribution in [-0.2, 0) is 12.7 Å². The van der Waals surface area contributed by atoms with Crippen LogP contribution >= 0.6 is 22.9 Å². The van der Waals surface area contributed by atoms with E-state index in [0.29, 0.717) is 17.1 Å². The summed E-state index contributed by atoms with van der Waals surface area (Å²) >= 11 is 7.74. The summed E-state index contributed by atoms with van der Waals surface area (Å²) in [5, 5.41) is 3.38. The highest BCUT2D eigenvalue weighted by molar-refractivity contribution is 7.13. The first-order valence-electron chi connectivity index (χ1n) is 9.67. The number of aromatic nitrogens is 2. The summed E-state index contributed by atoms with van der Waals surface area (Å²) in [4.78, 5) is 7.80. The summed E-state index contributed by atoms with van der Waals surface area (Å²) in [6.45, 7) is 7.54. The van der Waals surface area contributed by atoms with Gasteiger partial charge < -0.3 is 4.57 Å². The molecule has 2 aromatic heterocycles. The van der Waals surface area contributed by atoms with Crippen LogP contribution in [0.1, 0.15) is 35.7 Å². The minimum absolute atomic E-state index is 0.0875. The van der Waals surface area contributed by atoms with Crippen molar-refractivity contribution in [3.05, 3.63) is 81.2 Å². The molecule has 2 aromatic carbocycles. The molecule has 0 atom stereocenters. The second kappa shape index (κ2) is 7.40. The molecule has 0 radical (unpaired) electrons. The Balaban J connectivity index is 1.62. The van der Waals surface area contributed by atoms with Crippen molar-refractivity contribution in [2.75, 3.05) is 0 Å².